The first-order valence-electron chi connectivity index (χ1n) is 9.26. The van der Waals surface area contributed by atoms with E-state index in [0.717, 1.165) is 61.9 Å². The number of hydrogen-bond donors (Lipinski definition) is 3. The summed E-state index contributed by atoms with van der Waals surface area (Å²) in [5.41, 5.74) is 16.4. The van der Waals surface area contributed by atoms with E-state index < -0.39 is 0 Å². The zero-order valence-electron chi connectivity index (χ0n) is 14.7. The topological polar surface area (TPSA) is 80.7 Å². The third-order valence-electron chi connectivity index (χ3n) is 4.71. The van der Waals surface area contributed by atoms with Crippen LogP contribution in [0.2, 0.25) is 0 Å². The molecule has 3 aromatic rings. The molecule has 1 atom stereocenters. The normalized spacial score (nSPS) is 12.6. The van der Waals surface area contributed by atoms with E-state index in [1.165, 1.54) is 11.1 Å². The van der Waals surface area contributed by atoms with Gasteiger partial charge in [0.2, 0.25) is 0 Å². The first-order valence-corrected chi connectivity index (χ1v) is 9.26. The summed E-state index contributed by atoms with van der Waals surface area (Å²) in [6.45, 7) is 0.762. The third-order valence-corrected chi connectivity index (χ3v) is 4.71. The van der Waals surface area contributed by atoms with E-state index in [-0.39, 0.29) is 6.04 Å². The minimum atomic E-state index is 0.282. The smallest absolute Gasteiger partial charge is 0.138 e. The average molecular weight is 336 g/mol. The molecule has 1 unspecified atom stereocenters. The second kappa shape index (κ2) is 8.79. The van der Waals surface area contributed by atoms with E-state index in [9.17, 15) is 0 Å². The first-order chi connectivity index (χ1) is 12.3. The lowest BCUT2D eigenvalue weighted by molar-refractivity contribution is 0.518. The van der Waals surface area contributed by atoms with Crippen LogP contribution in [0.4, 0.5) is 0 Å². The van der Waals surface area contributed by atoms with Crippen molar-refractivity contribution in [2.75, 3.05) is 6.54 Å². The molecule has 0 fully saturated rings. The predicted molar refractivity (Wildman–Crippen MR) is 105 cm³/mol. The molecule has 3 rings (SSSR count). The van der Waals surface area contributed by atoms with Crippen LogP contribution < -0.4 is 11.5 Å². The number of nitrogens with two attached hydrogens (primary N) is 2. The van der Waals surface area contributed by atoms with Crippen molar-refractivity contribution in [2.24, 2.45) is 11.5 Å². The molecule has 0 aliphatic heterocycles. The minimum Gasteiger partial charge on any atom is -0.338 e. The largest absolute Gasteiger partial charge is 0.338 e. The number of hydrogen-bond acceptors (Lipinski definition) is 3. The Kier molecular flexibility index (Phi) is 6.20. The second-order valence-corrected chi connectivity index (χ2v) is 6.70. The van der Waals surface area contributed by atoms with Crippen molar-refractivity contribution in [3.63, 3.8) is 0 Å². The second-order valence-electron chi connectivity index (χ2n) is 6.70. The molecule has 1 aromatic heterocycles. The van der Waals surface area contributed by atoms with Gasteiger partial charge < -0.3 is 16.5 Å². The maximum absolute atomic E-state index is 6.22. The van der Waals surface area contributed by atoms with E-state index in [1.54, 1.807) is 0 Å². The molecule has 132 valence electrons. The van der Waals surface area contributed by atoms with E-state index in [2.05, 4.69) is 35.3 Å². The molecular weight excluding hydrogens is 308 g/mol. The zero-order valence-corrected chi connectivity index (χ0v) is 14.7. The Bertz CT molecular complexity index is 760. The molecule has 25 heavy (non-hydrogen) atoms. The summed E-state index contributed by atoms with van der Waals surface area (Å²) >= 11 is 0. The highest BCUT2D eigenvalue weighted by Crippen LogP contribution is 2.25. The Balaban J connectivity index is 1.65. The Morgan fingerprint density at radius 2 is 1.68 bits per heavy atom. The number of fused-ring (bicyclic) bond motifs is 1. The summed E-state index contributed by atoms with van der Waals surface area (Å²) in [7, 11) is 0. The molecule has 0 aliphatic rings. The number of nitrogens with one attached hydrogen (secondary N) is 1. The number of para-hydroxylation sites is 2. The number of aromatic nitrogens is 2. The Morgan fingerprint density at radius 3 is 2.52 bits per heavy atom. The van der Waals surface area contributed by atoms with Gasteiger partial charge in [-0.3, -0.25) is 0 Å². The molecule has 4 heteroatoms. The standard InChI is InChI=1S/C21H28N4/c22-15-6-5-10-17(23)11-7-9-16-8-1-2-12-18(16)21-24-19-13-3-4-14-20(19)25-21/h1-4,8,12-14,17H,5-7,9-11,15,22-23H2,(H,24,25). The number of unbranched alkanes of at least 4 members (excludes halogenated alkanes) is 1. The Hall–Kier alpha value is -2.17. The van der Waals surface area contributed by atoms with Crippen molar-refractivity contribution in [3.8, 4) is 11.4 Å². The van der Waals surface area contributed by atoms with E-state index in [4.69, 9.17) is 16.5 Å². The molecule has 0 bridgehead atoms. The number of benzene rings is 2. The lowest BCUT2D eigenvalue weighted by atomic mass is 9.98. The molecule has 0 saturated carbocycles. The van der Waals surface area contributed by atoms with Gasteiger partial charge in [-0.1, -0.05) is 42.8 Å². The maximum atomic E-state index is 6.22. The number of aryl methyl sites for hydroxylation is 1. The lowest BCUT2D eigenvalue weighted by Gasteiger charge is -2.12. The van der Waals surface area contributed by atoms with Crippen LogP contribution in [0.5, 0.6) is 0 Å². The van der Waals surface area contributed by atoms with Crippen molar-refractivity contribution in [1.82, 2.24) is 9.97 Å². The molecular formula is C21H28N4. The summed E-state index contributed by atoms with van der Waals surface area (Å²) in [5, 5.41) is 0. The predicted octanol–water partition coefficient (Wildman–Crippen LogP) is 4.01. The monoisotopic (exact) mass is 336 g/mol. The van der Waals surface area contributed by atoms with Crippen LogP contribution in [0.15, 0.2) is 48.5 Å². The fourth-order valence-electron chi connectivity index (χ4n) is 3.30. The molecule has 0 saturated heterocycles. The molecule has 0 amide bonds. The SMILES string of the molecule is NCCCCC(N)CCCc1ccccc1-c1nc2ccccc2[nH]1. The van der Waals surface area contributed by atoms with Crippen LogP contribution in [0.3, 0.4) is 0 Å². The van der Waals surface area contributed by atoms with Crippen molar-refractivity contribution in [1.29, 1.82) is 0 Å². The number of nitrogens with zero attached hydrogens (tertiary/aromatic N) is 1. The van der Waals surface area contributed by atoms with Crippen LogP contribution in [0.25, 0.3) is 22.4 Å². The van der Waals surface area contributed by atoms with E-state index >= 15 is 0 Å². The molecule has 4 nitrogen and oxygen atoms in total. The highest BCUT2D eigenvalue weighted by Gasteiger charge is 2.10. The number of rotatable bonds is 9. The third kappa shape index (κ3) is 4.68. The van der Waals surface area contributed by atoms with Gasteiger partial charge in [0, 0.05) is 11.6 Å². The molecule has 2 aromatic carbocycles. The van der Waals surface area contributed by atoms with Crippen LogP contribution in [-0.2, 0) is 6.42 Å². The molecule has 1 heterocycles. The van der Waals surface area contributed by atoms with Crippen molar-refractivity contribution >= 4 is 11.0 Å². The number of imidazole rings is 1. The lowest BCUT2D eigenvalue weighted by Crippen LogP contribution is -2.20. The van der Waals surface area contributed by atoms with Crippen LogP contribution in [0.1, 0.15) is 37.7 Å². The fraction of sp³-hybridized carbons (Fsp3) is 0.381. The first kappa shape index (κ1) is 17.6. The quantitative estimate of drug-likeness (QED) is 0.516. The average Bonchev–Trinajstić information content (AvgIpc) is 3.06. The summed E-state index contributed by atoms with van der Waals surface area (Å²) in [6, 6.07) is 17.0. The summed E-state index contributed by atoms with van der Waals surface area (Å²) in [6.07, 6.45) is 6.45. The molecule has 0 aliphatic carbocycles. The van der Waals surface area contributed by atoms with Gasteiger partial charge in [0.1, 0.15) is 5.82 Å². The Labute approximate surface area is 149 Å². The van der Waals surface area contributed by atoms with Gasteiger partial charge in [-0.05, 0) is 56.3 Å². The maximum Gasteiger partial charge on any atom is 0.138 e. The van der Waals surface area contributed by atoms with Crippen molar-refractivity contribution < 1.29 is 0 Å². The van der Waals surface area contributed by atoms with Gasteiger partial charge in [-0.2, -0.15) is 0 Å². The zero-order chi connectivity index (χ0) is 17.5. The summed E-state index contributed by atoms with van der Waals surface area (Å²) < 4.78 is 0. The molecule has 5 N–H and O–H groups in total. The van der Waals surface area contributed by atoms with Crippen LogP contribution >= 0.6 is 0 Å². The van der Waals surface area contributed by atoms with Gasteiger partial charge >= 0.3 is 0 Å². The highest BCUT2D eigenvalue weighted by molar-refractivity contribution is 5.79. The van der Waals surface area contributed by atoms with Crippen LogP contribution in [0, 0.1) is 0 Å². The van der Waals surface area contributed by atoms with Crippen molar-refractivity contribution in [3.05, 3.63) is 54.1 Å². The van der Waals surface area contributed by atoms with Gasteiger partial charge in [0.25, 0.3) is 0 Å². The Morgan fingerprint density at radius 1 is 0.920 bits per heavy atom. The highest BCUT2D eigenvalue weighted by atomic mass is 14.9. The van der Waals surface area contributed by atoms with Crippen molar-refractivity contribution in [2.45, 2.75) is 44.6 Å². The minimum absolute atomic E-state index is 0.282. The number of H-pyrrole nitrogens is 1. The van der Waals surface area contributed by atoms with Crippen LogP contribution in [-0.4, -0.2) is 22.6 Å². The van der Waals surface area contributed by atoms with Gasteiger partial charge in [-0.15, -0.1) is 0 Å². The van der Waals surface area contributed by atoms with E-state index in [0.29, 0.717) is 0 Å². The number of aromatic amines is 1. The summed E-state index contributed by atoms with van der Waals surface area (Å²) in [5.74, 6) is 0.948. The van der Waals surface area contributed by atoms with E-state index in [1.807, 2.05) is 18.2 Å². The summed E-state index contributed by atoms with van der Waals surface area (Å²) in [4.78, 5) is 8.18. The van der Waals surface area contributed by atoms with Gasteiger partial charge in [-0.25, -0.2) is 4.98 Å². The molecule has 0 spiro atoms. The van der Waals surface area contributed by atoms with Gasteiger partial charge in [0.15, 0.2) is 0 Å². The molecule has 0 radical (unpaired) electrons. The van der Waals surface area contributed by atoms with Gasteiger partial charge in [0.05, 0.1) is 11.0 Å². The fourth-order valence-corrected chi connectivity index (χ4v) is 3.30.